The van der Waals surface area contributed by atoms with E-state index < -0.39 is 0 Å². The Labute approximate surface area is 134 Å². The molecule has 1 aromatic heterocycles. The summed E-state index contributed by atoms with van der Waals surface area (Å²) >= 11 is 1.59. The molecule has 0 unspecified atom stereocenters. The highest BCUT2D eigenvalue weighted by molar-refractivity contribution is 7.09. The number of ether oxygens (including phenoxy) is 2. The fourth-order valence-electron chi connectivity index (χ4n) is 1.86. The van der Waals surface area contributed by atoms with Crippen molar-refractivity contribution in [2.24, 2.45) is 0 Å². The van der Waals surface area contributed by atoms with Gasteiger partial charge in [-0.05, 0) is 37.6 Å². The third-order valence-corrected chi connectivity index (χ3v) is 3.83. The lowest BCUT2D eigenvalue weighted by molar-refractivity contribution is -0.121. The van der Waals surface area contributed by atoms with Gasteiger partial charge in [-0.15, -0.1) is 11.3 Å². The van der Waals surface area contributed by atoms with Crippen molar-refractivity contribution < 1.29 is 14.3 Å². The van der Waals surface area contributed by atoms with Crippen LogP contribution in [0.4, 0.5) is 0 Å². The number of carbonyl (C=O) groups excluding carboxylic acids is 1. The van der Waals surface area contributed by atoms with Gasteiger partial charge in [0.1, 0.15) is 11.5 Å². The van der Waals surface area contributed by atoms with Gasteiger partial charge in [-0.1, -0.05) is 0 Å². The van der Waals surface area contributed by atoms with Crippen LogP contribution in [-0.2, 0) is 11.3 Å². The molecular formula is C16H20N2O3S. The third kappa shape index (κ3) is 5.37. The number of nitrogens with zero attached hydrogens (tertiary/aromatic N) is 1. The first kappa shape index (κ1) is 16.3. The number of carbonyl (C=O) groups is 1. The molecule has 0 aliphatic rings. The maximum Gasteiger partial charge on any atom is 0.220 e. The number of aryl methyl sites for hydroxylation is 1. The first-order chi connectivity index (χ1) is 10.7. The van der Waals surface area contributed by atoms with Crippen LogP contribution in [0.3, 0.4) is 0 Å². The Morgan fingerprint density at radius 2 is 2.00 bits per heavy atom. The van der Waals surface area contributed by atoms with Crippen molar-refractivity contribution >= 4 is 17.2 Å². The molecule has 1 N–H and O–H groups in total. The molecule has 0 spiro atoms. The minimum atomic E-state index is 0.0176. The molecular weight excluding hydrogens is 300 g/mol. The van der Waals surface area contributed by atoms with E-state index in [0.717, 1.165) is 22.2 Å². The van der Waals surface area contributed by atoms with Crippen LogP contribution in [0.25, 0.3) is 0 Å². The fourth-order valence-corrected chi connectivity index (χ4v) is 2.47. The van der Waals surface area contributed by atoms with Crippen LogP contribution in [-0.4, -0.2) is 24.6 Å². The van der Waals surface area contributed by atoms with E-state index in [1.54, 1.807) is 18.4 Å². The molecule has 5 nitrogen and oxygen atoms in total. The molecule has 118 valence electrons. The number of hydrogen-bond donors (Lipinski definition) is 1. The van der Waals surface area contributed by atoms with E-state index in [1.807, 2.05) is 36.6 Å². The summed E-state index contributed by atoms with van der Waals surface area (Å²) in [7, 11) is 1.63. The van der Waals surface area contributed by atoms with Gasteiger partial charge in [0.25, 0.3) is 0 Å². The Kier molecular flexibility index (Phi) is 6.21. The van der Waals surface area contributed by atoms with E-state index in [-0.39, 0.29) is 5.91 Å². The third-order valence-electron chi connectivity index (χ3n) is 3.01. The molecule has 6 heteroatoms. The molecule has 2 aromatic rings. The van der Waals surface area contributed by atoms with Crippen molar-refractivity contribution in [1.29, 1.82) is 0 Å². The second-order valence-electron chi connectivity index (χ2n) is 4.76. The first-order valence-electron chi connectivity index (χ1n) is 7.12. The maximum absolute atomic E-state index is 11.7. The van der Waals surface area contributed by atoms with Gasteiger partial charge in [-0.25, -0.2) is 4.98 Å². The summed E-state index contributed by atoms with van der Waals surface area (Å²) in [4.78, 5) is 16.0. The molecule has 0 bridgehead atoms. The molecule has 0 saturated carbocycles. The van der Waals surface area contributed by atoms with Gasteiger partial charge >= 0.3 is 0 Å². The number of aromatic nitrogens is 1. The monoisotopic (exact) mass is 320 g/mol. The number of hydrogen-bond acceptors (Lipinski definition) is 5. The standard InChI is InChI=1S/C16H20N2O3S/c1-12-18-13(11-22-12)10-17-16(19)4-3-9-21-15-7-5-14(20-2)6-8-15/h5-8,11H,3-4,9-10H2,1-2H3,(H,17,19). The molecule has 22 heavy (non-hydrogen) atoms. The molecule has 0 atom stereocenters. The van der Waals surface area contributed by atoms with Crippen LogP contribution in [0.15, 0.2) is 29.6 Å². The summed E-state index contributed by atoms with van der Waals surface area (Å²) in [6, 6.07) is 7.39. The zero-order chi connectivity index (χ0) is 15.8. The van der Waals surface area contributed by atoms with E-state index in [2.05, 4.69) is 10.3 Å². The van der Waals surface area contributed by atoms with Gasteiger partial charge in [0.2, 0.25) is 5.91 Å². The number of benzene rings is 1. The van der Waals surface area contributed by atoms with Gasteiger partial charge in [0.05, 0.1) is 31.0 Å². The number of methoxy groups -OCH3 is 1. The predicted octanol–water partition coefficient (Wildman–Crippen LogP) is 2.94. The molecule has 0 radical (unpaired) electrons. The average molecular weight is 320 g/mol. The van der Waals surface area contributed by atoms with Gasteiger partial charge < -0.3 is 14.8 Å². The Morgan fingerprint density at radius 1 is 1.27 bits per heavy atom. The van der Waals surface area contributed by atoms with E-state index in [0.29, 0.717) is 26.0 Å². The highest BCUT2D eigenvalue weighted by atomic mass is 32.1. The number of amides is 1. The van der Waals surface area contributed by atoms with Crippen molar-refractivity contribution in [2.45, 2.75) is 26.3 Å². The Hall–Kier alpha value is -2.08. The number of nitrogens with one attached hydrogen (secondary N) is 1. The zero-order valence-corrected chi connectivity index (χ0v) is 13.6. The minimum Gasteiger partial charge on any atom is -0.497 e. The van der Waals surface area contributed by atoms with Crippen molar-refractivity contribution in [3.8, 4) is 11.5 Å². The van der Waals surface area contributed by atoms with Crippen molar-refractivity contribution in [2.75, 3.05) is 13.7 Å². The molecule has 1 aromatic carbocycles. The Balaban J connectivity index is 1.60. The summed E-state index contributed by atoms with van der Waals surface area (Å²) in [6.07, 6.45) is 1.12. The lowest BCUT2D eigenvalue weighted by Crippen LogP contribution is -2.23. The Bertz CT molecular complexity index is 596. The Morgan fingerprint density at radius 3 is 2.64 bits per heavy atom. The van der Waals surface area contributed by atoms with Crippen LogP contribution >= 0.6 is 11.3 Å². The molecule has 1 amide bonds. The van der Waals surface area contributed by atoms with Crippen LogP contribution in [0.1, 0.15) is 23.5 Å². The largest absolute Gasteiger partial charge is 0.497 e. The van der Waals surface area contributed by atoms with Gasteiger partial charge in [0.15, 0.2) is 0 Å². The summed E-state index contributed by atoms with van der Waals surface area (Å²) in [5, 5.41) is 5.83. The fraction of sp³-hybridized carbons (Fsp3) is 0.375. The molecule has 0 fully saturated rings. The summed E-state index contributed by atoms with van der Waals surface area (Å²) < 4.78 is 10.7. The minimum absolute atomic E-state index is 0.0176. The lowest BCUT2D eigenvalue weighted by atomic mass is 10.3. The molecule has 0 saturated heterocycles. The average Bonchev–Trinajstić information content (AvgIpc) is 2.96. The number of rotatable bonds is 8. The molecule has 0 aliphatic heterocycles. The predicted molar refractivity (Wildman–Crippen MR) is 86.4 cm³/mol. The van der Waals surface area contributed by atoms with Gasteiger partial charge in [0, 0.05) is 11.8 Å². The highest BCUT2D eigenvalue weighted by Crippen LogP contribution is 2.17. The summed E-state index contributed by atoms with van der Waals surface area (Å²) in [5.41, 5.74) is 0.908. The van der Waals surface area contributed by atoms with Gasteiger partial charge in [-0.3, -0.25) is 4.79 Å². The van der Waals surface area contributed by atoms with E-state index in [4.69, 9.17) is 9.47 Å². The smallest absolute Gasteiger partial charge is 0.220 e. The maximum atomic E-state index is 11.7. The number of thiazole rings is 1. The molecule has 0 aliphatic carbocycles. The topological polar surface area (TPSA) is 60.5 Å². The lowest BCUT2D eigenvalue weighted by Gasteiger charge is -2.07. The first-order valence-corrected chi connectivity index (χ1v) is 8.00. The summed E-state index contributed by atoms with van der Waals surface area (Å²) in [5.74, 6) is 1.59. The quantitative estimate of drug-likeness (QED) is 0.760. The van der Waals surface area contributed by atoms with Gasteiger partial charge in [-0.2, -0.15) is 0 Å². The van der Waals surface area contributed by atoms with E-state index >= 15 is 0 Å². The SMILES string of the molecule is COc1ccc(OCCCC(=O)NCc2csc(C)n2)cc1. The van der Waals surface area contributed by atoms with Crippen LogP contribution < -0.4 is 14.8 Å². The summed E-state index contributed by atoms with van der Waals surface area (Å²) in [6.45, 7) is 2.95. The van der Waals surface area contributed by atoms with E-state index in [1.165, 1.54) is 0 Å². The molecule has 1 heterocycles. The van der Waals surface area contributed by atoms with Crippen LogP contribution in [0, 0.1) is 6.92 Å². The van der Waals surface area contributed by atoms with Crippen molar-refractivity contribution in [1.82, 2.24) is 10.3 Å². The zero-order valence-electron chi connectivity index (χ0n) is 12.8. The normalized spacial score (nSPS) is 10.3. The second kappa shape index (κ2) is 8.38. The van der Waals surface area contributed by atoms with Crippen molar-refractivity contribution in [3.63, 3.8) is 0 Å². The van der Waals surface area contributed by atoms with Crippen LogP contribution in [0.5, 0.6) is 11.5 Å². The van der Waals surface area contributed by atoms with Crippen molar-refractivity contribution in [3.05, 3.63) is 40.3 Å². The molecule has 2 rings (SSSR count). The highest BCUT2D eigenvalue weighted by Gasteiger charge is 2.04. The van der Waals surface area contributed by atoms with Crippen LogP contribution in [0.2, 0.25) is 0 Å². The second-order valence-corrected chi connectivity index (χ2v) is 5.82. The van der Waals surface area contributed by atoms with E-state index in [9.17, 15) is 4.79 Å².